The number of carbonyl (C=O) groups excluding carboxylic acids is 4. The van der Waals surface area contributed by atoms with E-state index < -0.39 is 97.5 Å². The minimum absolute atomic E-state index is 0.102. The minimum atomic E-state index is -4.95. The third-order valence-electron chi connectivity index (χ3n) is 16.4. The van der Waals surface area contributed by atoms with E-state index in [9.17, 15) is 43.2 Å². The van der Waals surface area contributed by atoms with Gasteiger partial charge in [-0.2, -0.15) is 0 Å². The molecule has 17 nitrogen and oxygen atoms in total. The second-order valence-electron chi connectivity index (χ2n) is 25.5. The molecule has 0 heterocycles. The lowest BCUT2D eigenvalue weighted by molar-refractivity contribution is -0.161. The van der Waals surface area contributed by atoms with Gasteiger partial charge in [-0.3, -0.25) is 37.3 Å². The van der Waals surface area contributed by atoms with Gasteiger partial charge >= 0.3 is 39.5 Å². The Morgan fingerprint density at radius 3 is 0.874 bits per heavy atom. The molecule has 0 spiro atoms. The number of carbonyl (C=O) groups is 4. The zero-order valence-corrected chi connectivity index (χ0v) is 58.3. The largest absolute Gasteiger partial charge is 0.472 e. The van der Waals surface area contributed by atoms with Crippen molar-refractivity contribution in [2.75, 3.05) is 39.6 Å². The first-order valence-corrected chi connectivity index (χ1v) is 38.4. The van der Waals surface area contributed by atoms with Crippen LogP contribution < -0.4 is 0 Å². The summed E-state index contributed by atoms with van der Waals surface area (Å²) in [5, 5.41) is 10.6. The Labute approximate surface area is 530 Å². The summed E-state index contributed by atoms with van der Waals surface area (Å²) >= 11 is 0. The molecule has 4 unspecified atom stereocenters. The van der Waals surface area contributed by atoms with E-state index in [2.05, 4.69) is 48.5 Å². The van der Waals surface area contributed by atoms with E-state index in [1.54, 1.807) is 0 Å². The molecule has 0 aromatic rings. The minimum Gasteiger partial charge on any atom is -0.462 e. The van der Waals surface area contributed by atoms with Crippen molar-refractivity contribution in [1.29, 1.82) is 0 Å². The van der Waals surface area contributed by atoms with E-state index in [0.29, 0.717) is 31.6 Å². The van der Waals surface area contributed by atoms with Crippen LogP contribution in [0.3, 0.4) is 0 Å². The van der Waals surface area contributed by atoms with Gasteiger partial charge in [0.2, 0.25) is 0 Å². The molecule has 0 aliphatic rings. The summed E-state index contributed by atoms with van der Waals surface area (Å²) in [6.07, 6.45) is 41.7. The molecule has 87 heavy (non-hydrogen) atoms. The number of hydrogen-bond donors (Lipinski definition) is 3. The van der Waals surface area contributed by atoms with Crippen molar-refractivity contribution in [3.8, 4) is 0 Å². The van der Waals surface area contributed by atoms with Gasteiger partial charge in [0, 0.05) is 25.7 Å². The fourth-order valence-corrected chi connectivity index (χ4v) is 11.7. The molecule has 0 bridgehead atoms. The van der Waals surface area contributed by atoms with E-state index in [0.717, 1.165) is 108 Å². The maximum absolute atomic E-state index is 13.0. The lowest BCUT2D eigenvalue weighted by Crippen LogP contribution is -2.30. The van der Waals surface area contributed by atoms with Crippen LogP contribution in [-0.4, -0.2) is 96.7 Å². The number of phosphoric acid groups is 2. The van der Waals surface area contributed by atoms with Crippen LogP contribution in [0.1, 0.15) is 337 Å². The lowest BCUT2D eigenvalue weighted by Gasteiger charge is -2.21. The van der Waals surface area contributed by atoms with Gasteiger partial charge < -0.3 is 33.8 Å². The third-order valence-corrected chi connectivity index (χ3v) is 18.3. The number of phosphoric ester groups is 2. The van der Waals surface area contributed by atoms with Crippen molar-refractivity contribution in [2.24, 2.45) is 17.8 Å². The van der Waals surface area contributed by atoms with Crippen molar-refractivity contribution >= 4 is 39.5 Å². The van der Waals surface area contributed by atoms with Crippen LogP contribution in [0.25, 0.3) is 0 Å². The molecular formula is C68H132O17P2. The molecule has 7 atom stereocenters. The highest BCUT2D eigenvalue weighted by molar-refractivity contribution is 7.47. The molecule has 0 amide bonds. The molecule has 0 fully saturated rings. The van der Waals surface area contributed by atoms with Gasteiger partial charge in [0.05, 0.1) is 26.4 Å². The van der Waals surface area contributed by atoms with E-state index in [1.807, 2.05) is 0 Å². The quantitative estimate of drug-likeness (QED) is 0.0222. The number of aliphatic hydroxyl groups is 1. The molecule has 0 radical (unpaired) electrons. The van der Waals surface area contributed by atoms with Gasteiger partial charge in [-0.05, 0) is 43.4 Å². The first-order valence-electron chi connectivity index (χ1n) is 35.4. The summed E-state index contributed by atoms with van der Waals surface area (Å²) < 4.78 is 68.2. The third kappa shape index (κ3) is 60.1. The van der Waals surface area contributed by atoms with Crippen molar-refractivity contribution in [3.63, 3.8) is 0 Å². The van der Waals surface area contributed by atoms with Crippen molar-refractivity contribution < 1.29 is 80.2 Å². The van der Waals surface area contributed by atoms with Gasteiger partial charge in [-0.1, -0.05) is 286 Å². The molecule has 516 valence electrons. The van der Waals surface area contributed by atoms with E-state index in [1.165, 1.54) is 141 Å². The number of ether oxygens (including phenoxy) is 4. The summed E-state index contributed by atoms with van der Waals surface area (Å²) in [6.45, 7) is 11.7. The van der Waals surface area contributed by atoms with Gasteiger partial charge in [0.25, 0.3) is 0 Å². The first kappa shape index (κ1) is 85.1. The summed E-state index contributed by atoms with van der Waals surface area (Å²) in [4.78, 5) is 72.4. The summed E-state index contributed by atoms with van der Waals surface area (Å²) in [7, 11) is -9.90. The fourth-order valence-electron chi connectivity index (χ4n) is 10.1. The molecule has 19 heteroatoms. The highest BCUT2D eigenvalue weighted by atomic mass is 31.2. The normalized spacial score (nSPS) is 14.9. The average molecular weight is 1280 g/mol. The number of unbranched alkanes of at least 4 members (excludes halogenated alkanes) is 32. The van der Waals surface area contributed by atoms with Crippen molar-refractivity contribution in [1.82, 2.24) is 0 Å². The van der Waals surface area contributed by atoms with E-state index in [-0.39, 0.29) is 25.7 Å². The Hall–Kier alpha value is -1.94. The molecule has 3 N–H and O–H groups in total. The smallest absolute Gasteiger partial charge is 0.462 e. The molecule has 0 rings (SSSR count). The Kier molecular flexibility index (Phi) is 57.8. The zero-order valence-electron chi connectivity index (χ0n) is 56.5. The maximum Gasteiger partial charge on any atom is 0.472 e. The van der Waals surface area contributed by atoms with Gasteiger partial charge in [-0.15, -0.1) is 0 Å². The SMILES string of the molecule is CCCCCCCCCCCCCCCCCC(=O)O[C@H](COC(=O)CCCCCCCCCCC(C)CC)COP(=O)(O)OC[C@@H](O)COP(=O)(O)OC[C@@H](COC(=O)CCCCCCCCC(C)CC)OC(=O)CCCCCCCCCC(C)C. The molecule has 0 aromatic heterocycles. The summed E-state index contributed by atoms with van der Waals surface area (Å²) in [5.41, 5.74) is 0. The Bertz CT molecular complexity index is 1720. The predicted molar refractivity (Wildman–Crippen MR) is 349 cm³/mol. The monoisotopic (exact) mass is 1280 g/mol. The van der Waals surface area contributed by atoms with Crippen LogP contribution in [-0.2, 0) is 65.4 Å². The molecule has 0 aliphatic carbocycles. The number of rotatable bonds is 66. The second-order valence-corrected chi connectivity index (χ2v) is 28.4. The first-order chi connectivity index (χ1) is 41.8. The van der Waals surface area contributed by atoms with Crippen LogP contribution in [0.15, 0.2) is 0 Å². The van der Waals surface area contributed by atoms with E-state index >= 15 is 0 Å². The average Bonchev–Trinajstić information content (AvgIpc) is 3.53. The van der Waals surface area contributed by atoms with Crippen LogP contribution >= 0.6 is 15.6 Å². The van der Waals surface area contributed by atoms with Crippen LogP contribution in [0, 0.1) is 17.8 Å². The van der Waals surface area contributed by atoms with Gasteiger partial charge in [0.1, 0.15) is 19.3 Å². The topological polar surface area (TPSA) is 237 Å². The van der Waals surface area contributed by atoms with Crippen LogP contribution in [0.2, 0.25) is 0 Å². The van der Waals surface area contributed by atoms with Crippen molar-refractivity contribution in [2.45, 2.75) is 356 Å². The Balaban J connectivity index is 5.25. The number of esters is 4. The predicted octanol–water partition coefficient (Wildman–Crippen LogP) is 19.1. The van der Waals surface area contributed by atoms with Crippen LogP contribution in [0.5, 0.6) is 0 Å². The lowest BCUT2D eigenvalue weighted by atomic mass is 9.99. The second kappa shape index (κ2) is 59.1. The zero-order chi connectivity index (χ0) is 64.5. The summed E-state index contributed by atoms with van der Waals surface area (Å²) in [5.74, 6) is 0.0723. The van der Waals surface area contributed by atoms with Crippen molar-refractivity contribution in [3.05, 3.63) is 0 Å². The fraction of sp³-hybridized carbons (Fsp3) is 0.941. The maximum atomic E-state index is 13.0. The highest BCUT2D eigenvalue weighted by Gasteiger charge is 2.30. The number of aliphatic hydroxyl groups excluding tert-OH is 1. The molecular weight excluding hydrogens is 1150 g/mol. The van der Waals surface area contributed by atoms with Crippen LogP contribution in [0.4, 0.5) is 0 Å². The molecule has 0 saturated carbocycles. The highest BCUT2D eigenvalue weighted by Crippen LogP contribution is 2.45. The molecule has 0 aromatic carbocycles. The van der Waals surface area contributed by atoms with Gasteiger partial charge in [0.15, 0.2) is 12.2 Å². The van der Waals surface area contributed by atoms with E-state index in [4.69, 9.17) is 37.0 Å². The molecule has 0 aliphatic heterocycles. The standard InChI is InChI=1S/C68H132O17P2/c1-8-11-12-13-14-15-16-17-18-19-20-21-28-37-44-51-67(72)84-63(55-78-65(70)49-42-35-27-23-22-26-33-40-47-60(6)9-2)57-82-86(74,75)80-53-62(69)54-81-87(76,77)83-58-64(85-68(73)52-45-38-29-24-25-32-39-46-59(4)5)56-79-66(71)50-43-36-31-30-34-41-48-61(7)10-3/h59-64,69H,8-58H2,1-7H3,(H,74,75)(H,76,77)/t60?,61?,62-,63-,64-/m1/s1. The Morgan fingerprint density at radius 2 is 0.586 bits per heavy atom. The molecule has 0 saturated heterocycles. The number of hydrogen-bond acceptors (Lipinski definition) is 15. The van der Waals surface area contributed by atoms with Gasteiger partial charge in [-0.25, -0.2) is 9.13 Å². The summed E-state index contributed by atoms with van der Waals surface area (Å²) in [6, 6.07) is 0. The Morgan fingerprint density at radius 1 is 0.333 bits per heavy atom.